The van der Waals surface area contributed by atoms with Gasteiger partial charge < -0.3 is 10.2 Å². The molecule has 1 aromatic heterocycles. The van der Waals surface area contributed by atoms with Gasteiger partial charge in [0.2, 0.25) is 5.91 Å². The fourth-order valence-electron chi connectivity index (χ4n) is 2.57. The predicted molar refractivity (Wildman–Crippen MR) is 75.7 cm³/mol. The molecule has 0 saturated heterocycles. The summed E-state index contributed by atoms with van der Waals surface area (Å²) in [6.45, 7) is 2.49. The normalized spacial score (nSPS) is 17.4. The molecule has 1 N–H and O–H groups in total. The zero-order valence-corrected chi connectivity index (χ0v) is 11.8. The van der Waals surface area contributed by atoms with Crippen molar-refractivity contribution in [1.29, 1.82) is 0 Å². The highest BCUT2D eigenvalue weighted by Crippen LogP contribution is 2.19. The fourth-order valence-corrected chi connectivity index (χ4v) is 2.57. The van der Waals surface area contributed by atoms with Gasteiger partial charge in [0.25, 0.3) is 0 Å². The summed E-state index contributed by atoms with van der Waals surface area (Å²) < 4.78 is 0. The van der Waals surface area contributed by atoms with Crippen LogP contribution in [0.1, 0.15) is 44.2 Å². The minimum absolute atomic E-state index is 0.0841. The van der Waals surface area contributed by atoms with Gasteiger partial charge in [-0.1, -0.05) is 12.8 Å². The average Bonchev–Trinajstić information content (AvgIpc) is 2.97. The maximum absolute atomic E-state index is 12.2. The van der Waals surface area contributed by atoms with Crippen LogP contribution in [0.3, 0.4) is 0 Å². The monoisotopic (exact) mass is 261 g/mol. The Morgan fingerprint density at radius 2 is 2.05 bits per heavy atom. The van der Waals surface area contributed by atoms with Gasteiger partial charge in [-0.2, -0.15) is 0 Å². The third-order valence-corrected chi connectivity index (χ3v) is 4.06. The molecule has 1 atom stereocenters. The van der Waals surface area contributed by atoms with E-state index in [1.165, 1.54) is 25.7 Å². The van der Waals surface area contributed by atoms with Crippen LogP contribution in [0.25, 0.3) is 0 Å². The lowest BCUT2D eigenvalue weighted by Gasteiger charge is -2.26. The van der Waals surface area contributed by atoms with E-state index < -0.39 is 0 Å². The van der Waals surface area contributed by atoms with Crippen molar-refractivity contribution < 1.29 is 4.79 Å². The Labute approximate surface area is 115 Å². The quantitative estimate of drug-likeness (QED) is 0.883. The molecule has 0 radical (unpaired) electrons. The number of likely N-dealkylation sites (N-methyl/N-ethyl adjacent to an activating group) is 1. The highest BCUT2D eigenvalue weighted by atomic mass is 16.2. The Hall–Kier alpha value is -1.42. The zero-order chi connectivity index (χ0) is 13.7. The zero-order valence-electron chi connectivity index (χ0n) is 11.8. The second-order valence-electron chi connectivity index (χ2n) is 5.32. The van der Waals surface area contributed by atoms with Crippen molar-refractivity contribution in [3.63, 3.8) is 0 Å². The van der Waals surface area contributed by atoms with E-state index in [9.17, 15) is 4.79 Å². The van der Waals surface area contributed by atoms with Crippen molar-refractivity contribution in [1.82, 2.24) is 15.2 Å². The molecule has 0 aromatic carbocycles. The van der Waals surface area contributed by atoms with Crippen molar-refractivity contribution in [2.24, 2.45) is 0 Å². The van der Waals surface area contributed by atoms with Gasteiger partial charge in [0, 0.05) is 25.5 Å². The van der Waals surface area contributed by atoms with Crippen molar-refractivity contribution in [3.8, 4) is 0 Å². The van der Waals surface area contributed by atoms with Gasteiger partial charge in [0.05, 0.1) is 12.6 Å². The summed E-state index contributed by atoms with van der Waals surface area (Å²) in [5.41, 5.74) is 1.12. The van der Waals surface area contributed by atoms with Crippen LogP contribution in [0.5, 0.6) is 0 Å². The van der Waals surface area contributed by atoms with E-state index in [-0.39, 0.29) is 11.9 Å². The molecule has 1 saturated carbocycles. The third-order valence-electron chi connectivity index (χ3n) is 4.06. The molecule has 1 unspecified atom stereocenters. The van der Waals surface area contributed by atoms with E-state index in [1.54, 1.807) is 17.3 Å². The highest BCUT2D eigenvalue weighted by molar-refractivity contribution is 5.78. The summed E-state index contributed by atoms with van der Waals surface area (Å²) >= 11 is 0. The number of carbonyl (C=O) groups excluding carboxylic acids is 1. The van der Waals surface area contributed by atoms with Crippen LogP contribution in [0.2, 0.25) is 0 Å². The molecular formula is C15H23N3O. The number of hydrogen-bond donors (Lipinski definition) is 1. The minimum Gasteiger partial charge on any atom is -0.338 e. The molecule has 1 heterocycles. The smallest absolute Gasteiger partial charge is 0.236 e. The summed E-state index contributed by atoms with van der Waals surface area (Å²) in [5, 5.41) is 3.37. The minimum atomic E-state index is 0.0841. The number of aromatic nitrogens is 1. The molecule has 4 nitrogen and oxygen atoms in total. The Morgan fingerprint density at radius 1 is 1.42 bits per heavy atom. The molecule has 0 aliphatic heterocycles. The molecule has 4 heteroatoms. The summed E-state index contributed by atoms with van der Waals surface area (Å²) in [5.74, 6) is 0.149. The topological polar surface area (TPSA) is 45.2 Å². The number of nitrogens with one attached hydrogen (secondary N) is 1. The number of pyridine rings is 1. The fraction of sp³-hybridized carbons (Fsp3) is 0.600. The standard InChI is InChI=1S/C15H23N3O/c1-12(13-7-9-16-10-8-13)18(2)15(19)11-17-14-5-3-4-6-14/h7-10,12,14,17H,3-6,11H2,1-2H3. The molecule has 0 spiro atoms. The summed E-state index contributed by atoms with van der Waals surface area (Å²) in [6.07, 6.45) is 8.51. The highest BCUT2D eigenvalue weighted by Gasteiger charge is 2.19. The number of rotatable bonds is 5. The molecule has 19 heavy (non-hydrogen) atoms. The van der Waals surface area contributed by atoms with Crippen LogP contribution < -0.4 is 5.32 Å². The Kier molecular flexibility index (Phi) is 4.91. The van der Waals surface area contributed by atoms with Gasteiger partial charge in [-0.25, -0.2) is 0 Å². The summed E-state index contributed by atoms with van der Waals surface area (Å²) in [7, 11) is 1.86. The predicted octanol–water partition coefficient (Wildman–Crippen LogP) is 2.13. The molecule has 2 rings (SSSR count). The van der Waals surface area contributed by atoms with Crippen molar-refractivity contribution in [2.75, 3.05) is 13.6 Å². The first-order chi connectivity index (χ1) is 9.18. The lowest BCUT2D eigenvalue weighted by Crippen LogP contribution is -2.40. The second kappa shape index (κ2) is 6.66. The maximum atomic E-state index is 12.2. The maximum Gasteiger partial charge on any atom is 0.236 e. The van der Waals surface area contributed by atoms with E-state index >= 15 is 0 Å². The van der Waals surface area contributed by atoms with Gasteiger partial charge in [-0.15, -0.1) is 0 Å². The Bertz CT molecular complexity index is 401. The lowest BCUT2D eigenvalue weighted by atomic mass is 10.1. The molecule has 104 valence electrons. The first-order valence-corrected chi connectivity index (χ1v) is 7.07. The Morgan fingerprint density at radius 3 is 2.68 bits per heavy atom. The van der Waals surface area contributed by atoms with Crippen LogP contribution >= 0.6 is 0 Å². The van der Waals surface area contributed by atoms with Crippen LogP contribution in [0, 0.1) is 0 Å². The van der Waals surface area contributed by atoms with Crippen LogP contribution in [0.4, 0.5) is 0 Å². The summed E-state index contributed by atoms with van der Waals surface area (Å²) in [4.78, 5) is 18.0. The molecule has 1 fully saturated rings. The number of amides is 1. The number of nitrogens with zero attached hydrogens (tertiary/aromatic N) is 2. The van der Waals surface area contributed by atoms with Gasteiger partial charge >= 0.3 is 0 Å². The van der Waals surface area contributed by atoms with E-state index in [2.05, 4.69) is 10.3 Å². The van der Waals surface area contributed by atoms with Gasteiger partial charge in [0.15, 0.2) is 0 Å². The SMILES string of the molecule is CC(c1ccncc1)N(C)C(=O)CNC1CCCC1. The third kappa shape index (κ3) is 3.77. The van der Waals surface area contributed by atoms with E-state index in [0.717, 1.165) is 5.56 Å². The summed E-state index contributed by atoms with van der Waals surface area (Å²) in [6, 6.07) is 4.53. The lowest BCUT2D eigenvalue weighted by molar-refractivity contribution is -0.131. The van der Waals surface area contributed by atoms with Crippen LogP contribution in [-0.4, -0.2) is 35.4 Å². The van der Waals surface area contributed by atoms with E-state index in [0.29, 0.717) is 12.6 Å². The number of hydrogen-bond acceptors (Lipinski definition) is 3. The largest absolute Gasteiger partial charge is 0.338 e. The van der Waals surface area contributed by atoms with Gasteiger partial charge in [-0.3, -0.25) is 9.78 Å². The number of carbonyl (C=O) groups is 1. The van der Waals surface area contributed by atoms with Crippen molar-refractivity contribution in [2.45, 2.75) is 44.7 Å². The first-order valence-electron chi connectivity index (χ1n) is 7.07. The van der Waals surface area contributed by atoms with E-state index in [1.807, 2.05) is 26.1 Å². The van der Waals surface area contributed by atoms with E-state index in [4.69, 9.17) is 0 Å². The molecule has 1 aromatic rings. The molecule has 1 aliphatic carbocycles. The molecule has 1 aliphatic rings. The second-order valence-corrected chi connectivity index (χ2v) is 5.32. The van der Waals surface area contributed by atoms with Gasteiger partial charge in [0.1, 0.15) is 0 Å². The van der Waals surface area contributed by atoms with Crippen LogP contribution in [-0.2, 0) is 4.79 Å². The van der Waals surface area contributed by atoms with Crippen molar-refractivity contribution in [3.05, 3.63) is 30.1 Å². The first kappa shape index (κ1) is 14.0. The average molecular weight is 261 g/mol. The Balaban J connectivity index is 1.84. The molecular weight excluding hydrogens is 238 g/mol. The molecule has 1 amide bonds. The van der Waals surface area contributed by atoms with Gasteiger partial charge in [-0.05, 0) is 37.5 Å². The van der Waals surface area contributed by atoms with Crippen molar-refractivity contribution >= 4 is 5.91 Å². The molecule has 0 bridgehead atoms. The van der Waals surface area contributed by atoms with Crippen LogP contribution in [0.15, 0.2) is 24.5 Å².